The second-order valence-electron chi connectivity index (χ2n) is 7.87. The topological polar surface area (TPSA) is 59.1 Å². The van der Waals surface area contributed by atoms with Crippen LogP contribution in [0.15, 0.2) is 41.8 Å². The zero-order valence-corrected chi connectivity index (χ0v) is 17.2. The molecule has 2 amide bonds. The number of benzene rings is 1. The highest BCUT2D eigenvalue weighted by Crippen LogP contribution is 2.45. The summed E-state index contributed by atoms with van der Waals surface area (Å²) >= 11 is 1.59. The molecule has 1 spiro atoms. The van der Waals surface area contributed by atoms with Crippen LogP contribution in [0.5, 0.6) is 0 Å². The summed E-state index contributed by atoms with van der Waals surface area (Å²) in [5.74, 6) is -0.885. The van der Waals surface area contributed by atoms with E-state index < -0.39 is 11.7 Å². The molecule has 1 aromatic carbocycles. The molecule has 2 aromatic rings. The number of carbonyl (C=O) groups excluding carboxylic acids is 2. The third-order valence-corrected chi connectivity index (χ3v) is 7.27. The minimum atomic E-state index is -0.513. The molecule has 7 heteroatoms. The highest BCUT2D eigenvalue weighted by atomic mass is 32.1. The van der Waals surface area contributed by atoms with Gasteiger partial charge >= 0.3 is 0 Å². The molecule has 6 nitrogen and oxygen atoms in total. The number of likely N-dealkylation sites (tertiary alicyclic amines) is 1. The van der Waals surface area contributed by atoms with E-state index in [1.807, 2.05) is 46.7 Å². The lowest BCUT2D eigenvalue weighted by molar-refractivity contribution is -0.188. The van der Waals surface area contributed by atoms with Crippen LogP contribution in [0.2, 0.25) is 0 Å². The van der Waals surface area contributed by atoms with Crippen molar-refractivity contribution >= 4 is 23.2 Å². The summed E-state index contributed by atoms with van der Waals surface area (Å²) < 4.78 is 11.6. The van der Waals surface area contributed by atoms with Crippen LogP contribution >= 0.6 is 11.3 Å². The van der Waals surface area contributed by atoms with Crippen LogP contribution in [0, 0.1) is 0 Å². The quantitative estimate of drug-likeness (QED) is 0.761. The Bertz CT molecular complexity index is 913. The number of carbonyl (C=O) groups is 2. The number of rotatable bonds is 2. The summed E-state index contributed by atoms with van der Waals surface area (Å²) in [5, 5.41) is 2.00. The van der Waals surface area contributed by atoms with Gasteiger partial charge in [-0.15, -0.1) is 11.3 Å². The Hall–Kier alpha value is -2.22. The third-order valence-electron chi connectivity index (χ3n) is 6.33. The number of hydrogen-bond acceptors (Lipinski definition) is 5. The SMILES string of the molecule is CN1C(=O)c2ccccc2C(C(=O)N2CCC3(CC2)OCCO3)C1c1cccs1. The fourth-order valence-electron chi connectivity index (χ4n) is 4.81. The number of hydrogen-bond donors (Lipinski definition) is 0. The highest BCUT2D eigenvalue weighted by molar-refractivity contribution is 7.10. The smallest absolute Gasteiger partial charge is 0.254 e. The lowest BCUT2D eigenvalue weighted by Gasteiger charge is -2.43. The van der Waals surface area contributed by atoms with E-state index in [9.17, 15) is 9.59 Å². The predicted octanol–water partition coefficient (Wildman–Crippen LogP) is 3.02. The summed E-state index contributed by atoms with van der Waals surface area (Å²) in [7, 11) is 1.80. The molecule has 0 bridgehead atoms. The van der Waals surface area contributed by atoms with Crippen LogP contribution in [-0.4, -0.2) is 60.8 Å². The van der Waals surface area contributed by atoms with E-state index in [1.54, 1.807) is 23.3 Å². The first kappa shape index (κ1) is 18.8. The van der Waals surface area contributed by atoms with E-state index in [-0.39, 0.29) is 17.9 Å². The van der Waals surface area contributed by atoms with Crippen molar-refractivity contribution in [1.29, 1.82) is 0 Å². The molecule has 3 aliphatic heterocycles. The first-order valence-electron chi connectivity index (χ1n) is 10.1. The number of thiophene rings is 1. The molecule has 2 fully saturated rings. The van der Waals surface area contributed by atoms with Gasteiger partial charge in [-0.2, -0.15) is 0 Å². The Kier molecular flexibility index (Phi) is 4.69. The van der Waals surface area contributed by atoms with Gasteiger partial charge in [0.25, 0.3) is 5.91 Å². The van der Waals surface area contributed by atoms with Crippen molar-refractivity contribution in [3.63, 3.8) is 0 Å². The van der Waals surface area contributed by atoms with E-state index in [1.165, 1.54) is 0 Å². The number of ether oxygens (including phenoxy) is 2. The van der Waals surface area contributed by atoms with E-state index in [2.05, 4.69) is 0 Å². The average Bonchev–Trinajstić information content (AvgIpc) is 3.43. The molecule has 0 N–H and O–H groups in total. The van der Waals surface area contributed by atoms with E-state index >= 15 is 0 Å². The Morgan fingerprint density at radius 1 is 1.10 bits per heavy atom. The maximum Gasteiger partial charge on any atom is 0.254 e. The summed E-state index contributed by atoms with van der Waals surface area (Å²) in [6.07, 6.45) is 1.37. The number of amides is 2. The summed E-state index contributed by atoms with van der Waals surface area (Å²) in [6, 6.07) is 11.2. The van der Waals surface area contributed by atoms with Gasteiger partial charge < -0.3 is 19.3 Å². The molecule has 2 saturated heterocycles. The Balaban J connectivity index is 1.49. The van der Waals surface area contributed by atoms with Crippen LogP contribution in [0.1, 0.15) is 45.6 Å². The highest BCUT2D eigenvalue weighted by Gasteiger charge is 2.47. The maximum absolute atomic E-state index is 13.8. The van der Waals surface area contributed by atoms with Gasteiger partial charge in [0.1, 0.15) is 0 Å². The summed E-state index contributed by atoms with van der Waals surface area (Å²) in [4.78, 5) is 31.5. The second kappa shape index (κ2) is 7.23. The van der Waals surface area contributed by atoms with Crippen molar-refractivity contribution in [3.05, 3.63) is 57.8 Å². The van der Waals surface area contributed by atoms with Crippen LogP contribution in [0.4, 0.5) is 0 Å². The van der Waals surface area contributed by atoms with Crippen molar-refractivity contribution in [1.82, 2.24) is 9.80 Å². The van der Waals surface area contributed by atoms with Crippen molar-refractivity contribution in [3.8, 4) is 0 Å². The molecular formula is C22H24N2O4S. The minimum absolute atomic E-state index is 0.0339. The molecule has 152 valence electrons. The lowest BCUT2D eigenvalue weighted by atomic mass is 9.81. The van der Waals surface area contributed by atoms with E-state index in [0.717, 1.165) is 10.4 Å². The summed E-state index contributed by atoms with van der Waals surface area (Å²) in [5.41, 5.74) is 1.45. The van der Waals surface area contributed by atoms with E-state index in [0.29, 0.717) is 44.7 Å². The average molecular weight is 413 g/mol. The van der Waals surface area contributed by atoms with Gasteiger partial charge in [-0.25, -0.2) is 0 Å². The van der Waals surface area contributed by atoms with Crippen LogP contribution in [0.3, 0.4) is 0 Å². The number of likely N-dealkylation sites (N-methyl/N-ethyl adjacent to an activating group) is 1. The number of nitrogens with zero attached hydrogens (tertiary/aromatic N) is 2. The standard InChI is InChI=1S/C22H24N2O4S/c1-23-19(17-7-4-14-29-17)18(15-5-2-3-6-16(15)20(23)25)21(26)24-10-8-22(9-11-24)27-12-13-28-22/h2-7,14,18-19H,8-13H2,1H3. The molecule has 0 saturated carbocycles. The molecule has 5 rings (SSSR count). The van der Waals surface area contributed by atoms with Gasteiger partial charge in [0.15, 0.2) is 5.79 Å². The van der Waals surface area contributed by atoms with Crippen molar-refractivity contribution in [2.24, 2.45) is 0 Å². The molecular weight excluding hydrogens is 388 g/mol. The molecule has 4 heterocycles. The van der Waals surface area contributed by atoms with Crippen molar-refractivity contribution in [2.75, 3.05) is 33.4 Å². The maximum atomic E-state index is 13.8. The molecule has 1 aromatic heterocycles. The first-order valence-corrected chi connectivity index (χ1v) is 10.9. The van der Waals surface area contributed by atoms with Gasteiger partial charge in [0.05, 0.1) is 25.2 Å². The van der Waals surface area contributed by atoms with Crippen LogP contribution < -0.4 is 0 Å². The van der Waals surface area contributed by atoms with Crippen molar-refractivity contribution < 1.29 is 19.1 Å². The van der Waals surface area contributed by atoms with Gasteiger partial charge in [-0.05, 0) is 23.1 Å². The van der Waals surface area contributed by atoms with Crippen molar-refractivity contribution in [2.45, 2.75) is 30.6 Å². The Morgan fingerprint density at radius 2 is 1.83 bits per heavy atom. The normalized spacial score (nSPS) is 26.0. The molecule has 29 heavy (non-hydrogen) atoms. The molecule has 0 aliphatic carbocycles. The van der Waals surface area contributed by atoms with Gasteiger partial charge in [-0.1, -0.05) is 24.3 Å². The van der Waals surface area contributed by atoms with Gasteiger partial charge in [0.2, 0.25) is 5.91 Å². The van der Waals surface area contributed by atoms with Crippen LogP contribution in [0.25, 0.3) is 0 Å². The monoisotopic (exact) mass is 412 g/mol. The number of piperidine rings is 1. The number of fused-ring (bicyclic) bond motifs is 1. The largest absolute Gasteiger partial charge is 0.347 e. The molecule has 2 unspecified atom stereocenters. The molecule has 2 atom stereocenters. The predicted molar refractivity (Wildman–Crippen MR) is 109 cm³/mol. The third kappa shape index (κ3) is 3.08. The summed E-state index contributed by atoms with van der Waals surface area (Å²) in [6.45, 7) is 2.45. The first-order chi connectivity index (χ1) is 14.1. The zero-order valence-electron chi connectivity index (χ0n) is 16.4. The zero-order chi connectivity index (χ0) is 20.0. The fourth-order valence-corrected chi connectivity index (χ4v) is 5.71. The van der Waals surface area contributed by atoms with E-state index in [4.69, 9.17) is 9.47 Å². The Labute approximate surface area is 174 Å². The fraction of sp³-hybridized carbons (Fsp3) is 0.455. The second-order valence-corrected chi connectivity index (χ2v) is 8.85. The van der Waals surface area contributed by atoms with Gasteiger partial charge in [0, 0.05) is 43.4 Å². The Morgan fingerprint density at radius 3 is 2.52 bits per heavy atom. The minimum Gasteiger partial charge on any atom is -0.347 e. The molecule has 0 radical (unpaired) electrons. The van der Waals surface area contributed by atoms with Crippen LogP contribution in [-0.2, 0) is 14.3 Å². The van der Waals surface area contributed by atoms with Gasteiger partial charge in [-0.3, -0.25) is 9.59 Å². The lowest BCUT2D eigenvalue weighted by Crippen LogP contribution is -2.51. The molecule has 3 aliphatic rings.